The fourth-order valence-electron chi connectivity index (χ4n) is 1.77. The first kappa shape index (κ1) is 11.0. The number of hydrogen-bond donors (Lipinski definition) is 0. The molecule has 1 atom stereocenters. The maximum atomic E-state index is 11.8. The monoisotopic (exact) mass is 205 g/mol. The van der Waals surface area contributed by atoms with E-state index in [1.54, 1.807) is 13.8 Å². The van der Waals surface area contributed by atoms with E-state index in [4.69, 9.17) is 0 Å². The molecular weight excluding hydrogens is 186 g/mol. The van der Waals surface area contributed by atoms with Crippen molar-refractivity contribution in [1.29, 1.82) is 0 Å². The van der Waals surface area contributed by atoms with Crippen LogP contribution in [-0.2, 0) is 9.84 Å². The highest BCUT2D eigenvalue weighted by molar-refractivity contribution is 7.92. The summed E-state index contributed by atoms with van der Waals surface area (Å²) in [5, 5.41) is -0.366. The molecule has 0 N–H and O–H groups in total. The van der Waals surface area contributed by atoms with E-state index in [1.807, 2.05) is 7.05 Å². The SMILES string of the molecule is CC(C)S(=O)(=O)C1CCCN(C)C1. The van der Waals surface area contributed by atoms with Crippen molar-refractivity contribution in [1.82, 2.24) is 4.90 Å². The van der Waals surface area contributed by atoms with Crippen LogP contribution >= 0.6 is 0 Å². The minimum atomic E-state index is -2.87. The second kappa shape index (κ2) is 3.96. The van der Waals surface area contributed by atoms with Crippen molar-refractivity contribution in [3.8, 4) is 0 Å². The van der Waals surface area contributed by atoms with E-state index < -0.39 is 9.84 Å². The zero-order chi connectivity index (χ0) is 10.1. The molecule has 1 fully saturated rings. The second-order valence-corrected chi connectivity index (χ2v) is 6.95. The highest BCUT2D eigenvalue weighted by Crippen LogP contribution is 2.19. The second-order valence-electron chi connectivity index (χ2n) is 4.16. The summed E-state index contributed by atoms with van der Waals surface area (Å²) in [5.41, 5.74) is 0. The number of nitrogens with zero attached hydrogens (tertiary/aromatic N) is 1. The summed E-state index contributed by atoms with van der Waals surface area (Å²) in [6, 6.07) is 0. The minimum Gasteiger partial charge on any atom is -0.305 e. The zero-order valence-electron chi connectivity index (χ0n) is 8.66. The summed E-state index contributed by atoms with van der Waals surface area (Å²) in [6.45, 7) is 5.28. The first-order chi connectivity index (χ1) is 5.94. The third-order valence-corrected chi connectivity index (χ3v) is 5.33. The maximum absolute atomic E-state index is 11.8. The molecule has 78 valence electrons. The van der Waals surface area contributed by atoms with Crippen LogP contribution in [0, 0.1) is 0 Å². The lowest BCUT2D eigenvalue weighted by atomic mass is 10.1. The molecule has 0 aromatic heterocycles. The van der Waals surface area contributed by atoms with E-state index >= 15 is 0 Å². The van der Waals surface area contributed by atoms with Gasteiger partial charge in [-0.25, -0.2) is 8.42 Å². The van der Waals surface area contributed by atoms with Crippen LogP contribution < -0.4 is 0 Å². The molecule has 1 unspecified atom stereocenters. The quantitative estimate of drug-likeness (QED) is 0.672. The Bertz CT molecular complexity index is 259. The Morgan fingerprint density at radius 1 is 1.38 bits per heavy atom. The molecule has 1 aliphatic heterocycles. The van der Waals surface area contributed by atoms with Crippen molar-refractivity contribution in [2.24, 2.45) is 0 Å². The van der Waals surface area contributed by atoms with E-state index in [9.17, 15) is 8.42 Å². The first-order valence-electron chi connectivity index (χ1n) is 4.86. The van der Waals surface area contributed by atoms with Crippen LogP contribution in [0.25, 0.3) is 0 Å². The molecule has 0 spiro atoms. The van der Waals surface area contributed by atoms with Gasteiger partial charge in [0.25, 0.3) is 0 Å². The molecule has 0 aliphatic carbocycles. The van der Waals surface area contributed by atoms with Gasteiger partial charge in [-0.3, -0.25) is 0 Å². The normalized spacial score (nSPS) is 26.6. The topological polar surface area (TPSA) is 37.4 Å². The van der Waals surface area contributed by atoms with Crippen molar-refractivity contribution < 1.29 is 8.42 Å². The van der Waals surface area contributed by atoms with Crippen LogP contribution in [0.3, 0.4) is 0 Å². The van der Waals surface area contributed by atoms with E-state index in [1.165, 1.54) is 0 Å². The third kappa shape index (κ3) is 2.44. The highest BCUT2D eigenvalue weighted by atomic mass is 32.2. The number of rotatable bonds is 2. The van der Waals surface area contributed by atoms with Gasteiger partial charge in [0, 0.05) is 6.54 Å². The van der Waals surface area contributed by atoms with Crippen LogP contribution in [0.5, 0.6) is 0 Å². The lowest BCUT2D eigenvalue weighted by Gasteiger charge is -2.30. The molecule has 1 heterocycles. The smallest absolute Gasteiger partial charge is 0.156 e. The van der Waals surface area contributed by atoms with Crippen LogP contribution in [-0.4, -0.2) is 44.0 Å². The fraction of sp³-hybridized carbons (Fsp3) is 1.00. The van der Waals surface area contributed by atoms with Gasteiger partial charge in [0.05, 0.1) is 10.5 Å². The Hall–Kier alpha value is -0.0900. The van der Waals surface area contributed by atoms with Gasteiger partial charge in [-0.05, 0) is 40.3 Å². The molecule has 0 aromatic rings. The number of sulfone groups is 1. The third-order valence-electron chi connectivity index (χ3n) is 2.70. The first-order valence-corrected chi connectivity index (χ1v) is 6.47. The lowest BCUT2D eigenvalue weighted by Crippen LogP contribution is -2.42. The van der Waals surface area contributed by atoms with Crippen molar-refractivity contribution >= 4 is 9.84 Å². The largest absolute Gasteiger partial charge is 0.305 e. The number of piperidine rings is 1. The Labute approximate surface area is 81.0 Å². The summed E-state index contributed by atoms with van der Waals surface area (Å²) >= 11 is 0. The Balaban J connectivity index is 2.71. The average molecular weight is 205 g/mol. The van der Waals surface area contributed by atoms with Crippen LogP contribution in [0.2, 0.25) is 0 Å². The molecule has 0 saturated carbocycles. The molecule has 0 amide bonds. The molecule has 1 saturated heterocycles. The van der Waals surface area contributed by atoms with Crippen molar-refractivity contribution in [2.75, 3.05) is 20.1 Å². The van der Waals surface area contributed by atoms with Crippen LogP contribution in [0.4, 0.5) is 0 Å². The molecule has 1 aliphatic rings. The maximum Gasteiger partial charge on any atom is 0.156 e. The van der Waals surface area contributed by atoms with Gasteiger partial charge in [-0.2, -0.15) is 0 Å². The van der Waals surface area contributed by atoms with Crippen LogP contribution in [0.1, 0.15) is 26.7 Å². The summed E-state index contributed by atoms with van der Waals surface area (Å²) in [6.07, 6.45) is 1.85. The van der Waals surface area contributed by atoms with E-state index in [-0.39, 0.29) is 10.5 Å². The van der Waals surface area contributed by atoms with Crippen molar-refractivity contribution in [2.45, 2.75) is 37.2 Å². The number of hydrogen-bond acceptors (Lipinski definition) is 3. The molecule has 4 heteroatoms. The molecule has 0 radical (unpaired) electrons. The summed E-state index contributed by atoms with van der Waals surface area (Å²) in [4.78, 5) is 2.11. The molecular formula is C9H19NO2S. The van der Waals surface area contributed by atoms with Gasteiger partial charge in [0.1, 0.15) is 0 Å². The predicted molar refractivity (Wildman–Crippen MR) is 54.6 cm³/mol. The van der Waals surface area contributed by atoms with Gasteiger partial charge >= 0.3 is 0 Å². The van der Waals surface area contributed by atoms with Crippen molar-refractivity contribution in [3.63, 3.8) is 0 Å². The van der Waals surface area contributed by atoms with Crippen molar-refractivity contribution in [3.05, 3.63) is 0 Å². The van der Waals surface area contributed by atoms with Gasteiger partial charge in [-0.15, -0.1) is 0 Å². The molecule has 0 aromatic carbocycles. The summed E-state index contributed by atoms with van der Waals surface area (Å²) in [7, 11) is -0.886. The zero-order valence-corrected chi connectivity index (χ0v) is 9.47. The predicted octanol–water partition coefficient (Wildman–Crippen LogP) is 0.904. The van der Waals surface area contributed by atoms with Gasteiger partial charge < -0.3 is 4.90 Å². The summed E-state index contributed by atoms with van der Waals surface area (Å²) < 4.78 is 23.6. The highest BCUT2D eigenvalue weighted by Gasteiger charge is 2.31. The molecule has 1 rings (SSSR count). The standard InChI is InChI=1S/C9H19NO2S/c1-8(2)13(11,12)9-5-4-6-10(3)7-9/h8-9H,4-7H2,1-3H3. The summed E-state index contributed by atoms with van der Waals surface area (Å²) in [5.74, 6) is 0. The average Bonchev–Trinajstić information content (AvgIpc) is 2.04. The minimum absolute atomic E-state index is 0.133. The van der Waals surface area contributed by atoms with E-state index in [0.717, 1.165) is 19.4 Å². The van der Waals surface area contributed by atoms with E-state index in [2.05, 4.69) is 4.90 Å². The number of likely N-dealkylation sites (tertiary alicyclic amines) is 1. The Morgan fingerprint density at radius 3 is 2.46 bits per heavy atom. The van der Waals surface area contributed by atoms with E-state index in [0.29, 0.717) is 6.54 Å². The van der Waals surface area contributed by atoms with Gasteiger partial charge in [0.2, 0.25) is 0 Å². The molecule has 13 heavy (non-hydrogen) atoms. The van der Waals surface area contributed by atoms with Gasteiger partial charge in [0.15, 0.2) is 9.84 Å². The Morgan fingerprint density at radius 2 is 2.00 bits per heavy atom. The lowest BCUT2D eigenvalue weighted by molar-refractivity contribution is 0.277. The molecule has 0 bridgehead atoms. The Kier molecular flexibility index (Phi) is 3.35. The molecule has 3 nitrogen and oxygen atoms in total. The van der Waals surface area contributed by atoms with Crippen LogP contribution in [0.15, 0.2) is 0 Å². The fourth-order valence-corrected chi connectivity index (χ4v) is 3.50. The van der Waals surface area contributed by atoms with Gasteiger partial charge in [-0.1, -0.05) is 0 Å².